The van der Waals surface area contributed by atoms with Crippen LogP contribution in [0.4, 0.5) is 0 Å². The van der Waals surface area contributed by atoms with E-state index in [0.29, 0.717) is 22.6 Å². The van der Waals surface area contributed by atoms with Gasteiger partial charge in [-0.2, -0.15) is 0 Å². The molecular formula is C25H20BrClN2O5S. The van der Waals surface area contributed by atoms with E-state index in [4.69, 9.17) is 16.7 Å². The van der Waals surface area contributed by atoms with Crippen molar-refractivity contribution in [3.63, 3.8) is 0 Å². The van der Waals surface area contributed by atoms with Gasteiger partial charge in [-0.25, -0.2) is 13.6 Å². The van der Waals surface area contributed by atoms with Crippen LogP contribution < -0.4 is 5.14 Å². The average molecular weight is 576 g/mol. The van der Waals surface area contributed by atoms with Crippen molar-refractivity contribution in [3.8, 4) is 0 Å². The minimum Gasteiger partial charge on any atom is -0.507 e. The van der Waals surface area contributed by atoms with Gasteiger partial charge in [0.15, 0.2) is 0 Å². The summed E-state index contributed by atoms with van der Waals surface area (Å²) in [5, 5.41) is 16.7. The second kappa shape index (κ2) is 9.94. The third-order valence-corrected chi connectivity index (χ3v) is 7.45. The van der Waals surface area contributed by atoms with Crippen LogP contribution in [-0.4, -0.2) is 36.7 Å². The quantitative estimate of drug-likeness (QED) is 0.256. The van der Waals surface area contributed by atoms with Crippen LogP contribution in [-0.2, 0) is 26.0 Å². The summed E-state index contributed by atoms with van der Waals surface area (Å²) in [5.74, 6) is -1.78. The zero-order chi connectivity index (χ0) is 25.3. The summed E-state index contributed by atoms with van der Waals surface area (Å²) < 4.78 is 23.8. The van der Waals surface area contributed by atoms with Crippen molar-refractivity contribution >= 4 is 55.0 Å². The van der Waals surface area contributed by atoms with Gasteiger partial charge in [-0.3, -0.25) is 9.59 Å². The van der Waals surface area contributed by atoms with Crippen LogP contribution in [0.1, 0.15) is 22.7 Å². The van der Waals surface area contributed by atoms with E-state index in [9.17, 15) is 23.1 Å². The first-order valence-corrected chi connectivity index (χ1v) is 13.2. The number of aliphatic hydroxyl groups is 1. The Balaban J connectivity index is 1.72. The second-order valence-corrected chi connectivity index (χ2v) is 10.9. The maximum atomic E-state index is 13.1. The number of hydrogen-bond donors (Lipinski definition) is 2. The van der Waals surface area contributed by atoms with Gasteiger partial charge in [0.2, 0.25) is 10.0 Å². The molecule has 0 radical (unpaired) electrons. The van der Waals surface area contributed by atoms with Gasteiger partial charge in [-0.1, -0.05) is 63.9 Å². The van der Waals surface area contributed by atoms with Crippen LogP contribution in [0.5, 0.6) is 0 Å². The molecule has 1 aliphatic rings. The zero-order valence-electron chi connectivity index (χ0n) is 18.2. The highest BCUT2D eigenvalue weighted by molar-refractivity contribution is 9.10. The molecule has 0 bridgehead atoms. The Morgan fingerprint density at radius 3 is 2.14 bits per heavy atom. The number of nitrogens with zero attached hydrogens (tertiary/aromatic N) is 1. The minimum absolute atomic E-state index is 0.00998. The Kier molecular flexibility index (Phi) is 7.14. The largest absolute Gasteiger partial charge is 0.507 e. The van der Waals surface area contributed by atoms with Gasteiger partial charge < -0.3 is 10.0 Å². The first-order chi connectivity index (χ1) is 16.6. The number of rotatable bonds is 6. The number of ketones is 1. The fourth-order valence-corrected chi connectivity index (χ4v) is 4.87. The van der Waals surface area contributed by atoms with Crippen molar-refractivity contribution in [2.45, 2.75) is 17.4 Å². The van der Waals surface area contributed by atoms with Crippen LogP contribution >= 0.6 is 27.5 Å². The number of amides is 1. The molecule has 0 saturated carbocycles. The maximum absolute atomic E-state index is 13.1. The topological polar surface area (TPSA) is 118 Å². The highest BCUT2D eigenvalue weighted by Gasteiger charge is 2.45. The van der Waals surface area contributed by atoms with Crippen molar-refractivity contribution in [1.82, 2.24) is 4.90 Å². The number of primary sulfonamides is 1. The van der Waals surface area contributed by atoms with Crippen molar-refractivity contribution < 1.29 is 23.1 Å². The van der Waals surface area contributed by atoms with E-state index in [1.807, 2.05) is 0 Å². The third kappa shape index (κ3) is 5.33. The first-order valence-electron chi connectivity index (χ1n) is 10.5. The summed E-state index contributed by atoms with van der Waals surface area (Å²) in [5.41, 5.74) is 1.77. The van der Waals surface area contributed by atoms with E-state index in [1.165, 1.54) is 17.0 Å². The van der Waals surface area contributed by atoms with Crippen LogP contribution in [0.3, 0.4) is 0 Å². The van der Waals surface area contributed by atoms with Crippen LogP contribution in [0.25, 0.3) is 5.76 Å². The Labute approximate surface area is 216 Å². The van der Waals surface area contributed by atoms with Gasteiger partial charge >= 0.3 is 0 Å². The molecule has 3 N–H and O–H groups in total. The first kappa shape index (κ1) is 25.1. The van der Waals surface area contributed by atoms with E-state index >= 15 is 0 Å². The normalized spacial score (nSPS) is 17.7. The summed E-state index contributed by atoms with van der Waals surface area (Å²) in [6, 6.07) is 18.7. The number of carbonyl (C=O) groups excluding carboxylic acids is 2. The number of halogens is 2. The molecule has 1 aliphatic heterocycles. The molecule has 1 fully saturated rings. The SMILES string of the molecule is NS(=O)(=O)c1ccc(CCN2C(=O)C(=O)/C(=C(/O)c3ccc(Br)cc3)C2c2ccc(Cl)cc2)cc1. The Bertz CT molecular complexity index is 1420. The molecule has 0 aliphatic carbocycles. The number of sulfonamides is 1. The molecule has 1 atom stereocenters. The van der Waals surface area contributed by atoms with Crippen LogP contribution in [0.2, 0.25) is 5.02 Å². The maximum Gasteiger partial charge on any atom is 0.295 e. The monoisotopic (exact) mass is 574 g/mol. The molecule has 4 rings (SSSR count). The van der Waals surface area contributed by atoms with Gasteiger partial charge in [0.25, 0.3) is 11.7 Å². The van der Waals surface area contributed by atoms with Crippen molar-refractivity contribution in [2.24, 2.45) is 5.14 Å². The summed E-state index contributed by atoms with van der Waals surface area (Å²) in [6.45, 7) is 0.156. The molecule has 1 amide bonds. The molecule has 0 aromatic heterocycles. The molecular weight excluding hydrogens is 556 g/mol. The number of Topliss-reactive ketones (excluding diaryl/α,β-unsaturated/α-hetero) is 1. The number of aliphatic hydroxyl groups excluding tert-OH is 1. The number of benzene rings is 3. The lowest BCUT2D eigenvalue weighted by atomic mass is 9.95. The third-order valence-electron chi connectivity index (χ3n) is 5.74. The number of hydrogen-bond acceptors (Lipinski definition) is 5. The average Bonchev–Trinajstić information content (AvgIpc) is 3.08. The zero-order valence-corrected chi connectivity index (χ0v) is 21.3. The summed E-state index contributed by atoms with van der Waals surface area (Å²) in [7, 11) is -3.82. The molecule has 10 heteroatoms. The van der Waals surface area contributed by atoms with E-state index in [1.54, 1.807) is 60.7 Å². The lowest BCUT2D eigenvalue weighted by Gasteiger charge is -2.25. The van der Waals surface area contributed by atoms with Crippen LogP contribution in [0.15, 0.2) is 87.7 Å². The number of nitrogens with two attached hydrogens (primary N) is 1. The molecule has 180 valence electrons. The lowest BCUT2D eigenvalue weighted by Crippen LogP contribution is -2.31. The molecule has 3 aromatic rings. The summed E-state index contributed by atoms with van der Waals surface area (Å²) in [6.07, 6.45) is 0.348. The highest BCUT2D eigenvalue weighted by atomic mass is 79.9. The lowest BCUT2D eigenvalue weighted by molar-refractivity contribution is -0.139. The number of likely N-dealkylation sites (tertiary alicyclic amines) is 1. The fourth-order valence-electron chi connectivity index (χ4n) is 3.96. The molecule has 1 unspecified atom stereocenters. The number of carbonyl (C=O) groups is 2. The standard InChI is InChI=1S/C25H20BrClN2O5S/c26-18-7-3-17(4-8-18)23(30)21-22(16-5-9-19(27)10-6-16)29(25(32)24(21)31)14-13-15-1-11-20(12-2-15)35(28,33)34/h1-12,22,30H,13-14H2,(H2,28,33,34)/b23-21+. The molecule has 7 nitrogen and oxygen atoms in total. The predicted molar refractivity (Wildman–Crippen MR) is 136 cm³/mol. The molecule has 1 saturated heterocycles. The van der Waals surface area contributed by atoms with Crippen molar-refractivity contribution in [3.05, 3.63) is 105 Å². The van der Waals surface area contributed by atoms with Crippen LogP contribution in [0, 0.1) is 0 Å². The molecule has 1 heterocycles. The second-order valence-electron chi connectivity index (χ2n) is 7.99. The minimum atomic E-state index is -3.82. The van der Waals surface area contributed by atoms with Crippen molar-refractivity contribution in [1.29, 1.82) is 0 Å². The van der Waals surface area contributed by atoms with Gasteiger partial charge in [0.05, 0.1) is 16.5 Å². The summed E-state index contributed by atoms with van der Waals surface area (Å²) in [4.78, 5) is 27.5. The van der Waals surface area contributed by atoms with Gasteiger partial charge in [-0.05, 0) is 53.9 Å². The van der Waals surface area contributed by atoms with Gasteiger partial charge in [-0.15, -0.1) is 0 Å². The van der Waals surface area contributed by atoms with E-state index in [-0.39, 0.29) is 22.8 Å². The van der Waals surface area contributed by atoms with Gasteiger partial charge in [0.1, 0.15) is 5.76 Å². The smallest absolute Gasteiger partial charge is 0.295 e. The molecule has 3 aromatic carbocycles. The Morgan fingerprint density at radius 2 is 1.57 bits per heavy atom. The molecule has 0 spiro atoms. The summed E-state index contributed by atoms with van der Waals surface area (Å²) >= 11 is 9.39. The highest BCUT2D eigenvalue weighted by Crippen LogP contribution is 2.39. The molecule has 35 heavy (non-hydrogen) atoms. The Hall–Kier alpha value is -2.98. The van der Waals surface area contributed by atoms with E-state index in [0.717, 1.165) is 10.0 Å². The fraction of sp³-hybridized carbons (Fsp3) is 0.120. The Morgan fingerprint density at radius 1 is 0.971 bits per heavy atom. The van der Waals surface area contributed by atoms with E-state index in [2.05, 4.69) is 15.9 Å². The van der Waals surface area contributed by atoms with Gasteiger partial charge in [0, 0.05) is 21.6 Å². The van der Waals surface area contributed by atoms with Crippen molar-refractivity contribution in [2.75, 3.05) is 6.54 Å². The van der Waals surface area contributed by atoms with E-state index < -0.39 is 27.8 Å². The predicted octanol–water partition coefficient (Wildman–Crippen LogP) is 4.41.